The molecular formula is C30H34Cl3N3O6S. The van der Waals surface area contributed by atoms with Crippen LogP contribution in [-0.2, 0) is 26.2 Å². The maximum Gasteiger partial charge on any atom is 0.264 e. The van der Waals surface area contributed by atoms with Gasteiger partial charge in [0.1, 0.15) is 12.6 Å². The van der Waals surface area contributed by atoms with Gasteiger partial charge < -0.3 is 19.7 Å². The molecule has 0 aromatic heterocycles. The number of anilines is 1. The van der Waals surface area contributed by atoms with Gasteiger partial charge in [-0.15, -0.1) is 0 Å². The van der Waals surface area contributed by atoms with Gasteiger partial charge in [-0.05, 0) is 68.8 Å². The number of carbonyl (C=O) groups excluding carboxylic acids is 2. The van der Waals surface area contributed by atoms with Crippen molar-refractivity contribution in [2.24, 2.45) is 0 Å². The van der Waals surface area contributed by atoms with E-state index in [1.165, 1.54) is 61.6 Å². The lowest BCUT2D eigenvalue weighted by atomic mass is 10.1. The summed E-state index contributed by atoms with van der Waals surface area (Å²) in [7, 11) is -1.54. The minimum atomic E-state index is -4.36. The van der Waals surface area contributed by atoms with Crippen molar-refractivity contribution < 1.29 is 27.5 Å². The van der Waals surface area contributed by atoms with E-state index in [2.05, 4.69) is 5.32 Å². The Morgan fingerprint density at radius 1 is 0.907 bits per heavy atom. The maximum absolute atomic E-state index is 14.1. The molecule has 9 nitrogen and oxygen atoms in total. The molecule has 3 rings (SSSR count). The summed E-state index contributed by atoms with van der Waals surface area (Å²) in [5, 5.41) is 3.85. The molecule has 1 N–H and O–H groups in total. The summed E-state index contributed by atoms with van der Waals surface area (Å²) in [6, 6.07) is 13.9. The topological polar surface area (TPSA) is 105 Å². The third-order valence-corrected chi connectivity index (χ3v) is 9.62. The van der Waals surface area contributed by atoms with Crippen LogP contribution < -0.4 is 19.1 Å². The van der Waals surface area contributed by atoms with Gasteiger partial charge in [0.2, 0.25) is 11.8 Å². The van der Waals surface area contributed by atoms with E-state index in [4.69, 9.17) is 44.3 Å². The van der Waals surface area contributed by atoms with Crippen molar-refractivity contribution in [1.29, 1.82) is 0 Å². The van der Waals surface area contributed by atoms with Crippen LogP contribution in [0.5, 0.6) is 11.5 Å². The first-order valence-electron chi connectivity index (χ1n) is 13.4. The minimum Gasteiger partial charge on any atom is -0.493 e. The van der Waals surface area contributed by atoms with E-state index < -0.39 is 34.4 Å². The lowest BCUT2D eigenvalue weighted by Gasteiger charge is -2.33. The molecule has 43 heavy (non-hydrogen) atoms. The average molecular weight is 671 g/mol. The Bertz CT molecular complexity index is 1530. The Hall–Kier alpha value is -3.18. The molecule has 0 unspecified atom stereocenters. The van der Waals surface area contributed by atoms with E-state index in [9.17, 15) is 18.0 Å². The molecule has 0 radical (unpaired) electrons. The Morgan fingerprint density at radius 2 is 1.51 bits per heavy atom. The zero-order valence-electron chi connectivity index (χ0n) is 24.4. The van der Waals surface area contributed by atoms with Gasteiger partial charge in [-0.2, -0.15) is 0 Å². The summed E-state index contributed by atoms with van der Waals surface area (Å²) in [6.07, 6.45) is 0.677. The highest BCUT2D eigenvalue weighted by Gasteiger charge is 2.34. The molecule has 13 heteroatoms. The molecule has 0 fully saturated rings. The lowest BCUT2D eigenvalue weighted by molar-refractivity contribution is -0.139. The number of rotatable bonds is 13. The van der Waals surface area contributed by atoms with Crippen LogP contribution in [-0.4, -0.2) is 58.0 Å². The van der Waals surface area contributed by atoms with Crippen molar-refractivity contribution >= 4 is 62.3 Å². The molecule has 0 heterocycles. The first-order chi connectivity index (χ1) is 20.3. The molecule has 3 aromatic carbocycles. The van der Waals surface area contributed by atoms with Crippen molar-refractivity contribution in [3.05, 3.63) is 81.3 Å². The highest BCUT2D eigenvalue weighted by molar-refractivity contribution is 7.92. The smallest absolute Gasteiger partial charge is 0.264 e. The molecule has 0 saturated heterocycles. The second kappa shape index (κ2) is 15.0. The van der Waals surface area contributed by atoms with Crippen molar-refractivity contribution in [2.75, 3.05) is 25.1 Å². The summed E-state index contributed by atoms with van der Waals surface area (Å²) in [5.74, 6) is -0.552. The number of benzene rings is 3. The van der Waals surface area contributed by atoms with Crippen LogP contribution in [0.1, 0.15) is 32.8 Å². The number of halogens is 3. The number of nitrogens with one attached hydrogen (secondary N) is 1. The lowest BCUT2D eigenvalue weighted by Crippen LogP contribution is -2.52. The van der Waals surface area contributed by atoms with Crippen LogP contribution in [0, 0.1) is 0 Å². The zero-order valence-corrected chi connectivity index (χ0v) is 27.5. The van der Waals surface area contributed by atoms with E-state index >= 15 is 0 Å². The molecule has 3 aromatic rings. The van der Waals surface area contributed by atoms with E-state index in [1.54, 1.807) is 25.1 Å². The number of ether oxygens (including phenoxy) is 2. The number of hydrogen-bond acceptors (Lipinski definition) is 6. The predicted octanol–water partition coefficient (Wildman–Crippen LogP) is 6.19. The van der Waals surface area contributed by atoms with E-state index in [1.807, 2.05) is 13.8 Å². The number of sulfonamides is 1. The quantitative estimate of drug-likeness (QED) is 0.233. The first kappa shape index (κ1) is 34.3. The van der Waals surface area contributed by atoms with Gasteiger partial charge in [-0.1, -0.05) is 47.8 Å². The summed E-state index contributed by atoms with van der Waals surface area (Å²) in [4.78, 5) is 28.4. The number of amides is 2. The monoisotopic (exact) mass is 669 g/mol. The Labute approximate surface area is 267 Å². The standard InChI is InChI=1S/C30H34Cl3N3O6S/c1-6-19(2)34-30(38)20(3)35(17-24-25(32)8-7-9-26(24)33)29(37)18-36(22-12-10-21(31)11-13-22)43(39,40)23-14-15-27(41-4)28(16-23)42-5/h7-16,19-20H,6,17-18H2,1-5H3,(H,34,38)/t19-,20-/m0/s1. The second-order valence-corrected chi connectivity index (χ2v) is 12.8. The van der Waals surface area contributed by atoms with Crippen molar-refractivity contribution in [2.45, 2.75) is 50.7 Å². The molecule has 0 aliphatic rings. The summed E-state index contributed by atoms with van der Waals surface area (Å²) in [5.41, 5.74) is 0.600. The van der Waals surface area contributed by atoms with E-state index in [0.29, 0.717) is 32.8 Å². The van der Waals surface area contributed by atoms with Crippen LogP contribution >= 0.6 is 34.8 Å². The molecular weight excluding hydrogens is 637 g/mol. The first-order valence-corrected chi connectivity index (χ1v) is 15.9. The number of methoxy groups -OCH3 is 2. The summed E-state index contributed by atoms with van der Waals surface area (Å²) < 4.78 is 39.7. The van der Waals surface area contributed by atoms with Crippen LogP contribution in [0.2, 0.25) is 15.1 Å². The van der Waals surface area contributed by atoms with Gasteiger partial charge in [-0.3, -0.25) is 13.9 Å². The molecule has 0 aliphatic carbocycles. The van der Waals surface area contributed by atoms with Gasteiger partial charge in [0.05, 0.1) is 24.8 Å². The molecule has 232 valence electrons. The molecule has 0 bridgehead atoms. The Morgan fingerprint density at radius 3 is 2.07 bits per heavy atom. The fraction of sp³-hybridized carbons (Fsp3) is 0.333. The van der Waals surface area contributed by atoms with Crippen molar-refractivity contribution in [1.82, 2.24) is 10.2 Å². The predicted molar refractivity (Wildman–Crippen MR) is 170 cm³/mol. The summed E-state index contributed by atoms with van der Waals surface area (Å²) in [6.45, 7) is 4.54. The fourth-order valence-corrected chi connectivity index (χ4v) is 6.22. The van der Waals surface area contributed by atoms with E-state index in [0.717, 1.165) is 4.31 Å². The fourth-order valence-electron chi connectivity index (χ4n) is 4.14. The molecule has 0 aliphatic heterocycles. The minimum absolute atomic E-state index is 0.142. The molecule has 0 saturated carbocycles. The van der Waals surface area contributed by atoms with Gasteiger partial charge in [0, 0.05) is 39.3 Å². The van der Waals surface area contributed by atoms with Crippen LogP contribution in [0.3, 0.4) is 0 Å². The highest BCUT2D eigenvalue weighted by atomic mass is 35.5. The SMILES string of the molecule is CC[C@H](C)NC(=O)[C@H](C)N(Cc1c(Cl)cccc1Cl)C(=O)CN(c1ccc(Cl)cc1)S(=O)(=O)c1ccc(OC)c(OC)c1. The number of carbonyl (C=O) groups is 2. The van der Waals surface area contributed by atoms with E-state index in [-0.39, 0.29) is 28.9 Å². The van der Waals surface area contributed by atoms with Crippen molar-refractivity contribution in [3.8, 4) is 11.5 Å². The normalized spacial score (nSPS) is 12.7. The molecule has 2 amide bonds. The average Bonchev–Trinajstić information content (AvgIpc) is 2.99. The Balaban J connectivity index is 2.10. The summed E-state index contributed by atoms with van der Waals surface area (Å²) >= 11 is 18.9. The van der Waals surface area contributed by atoms with Crippen LogP contribution in [0.25, 0.3) is 0 Å². The van der Waals surface area contributed by atoms with Crippen molar-refractivity contribution in [3.63, 3.8) is 0 Å². The largest absolute Gasteiger partial charge is 0.493 e. The third-order valence-electron chi connectivity index (χ3n) is 6.89. The van der Waals surface area contributed by atoms with Gasteiger partial charge in [-0.25, -0.2) is 8.42 Å². The van der Waals surface area contributed by atoms with Gasteiger partial charge >= 0.3 is 0 Å². The van der Waals surface area contributed by atoms with Gasteiger partial charge in [0.15, 0.2) is 11.5 Å². The number of hydrogen-bond donors (Lipinski definition) is 1. The third kappa shape index (κ3) is 8.26. The van der Waals surface area contributed by atoms with Crippen LogP contribution in [0.4, 0.5) is 5.69 Å². The molecule has 2 atom stereocenters. The van der Waals surface area contributed by atoms with Crippen LogP contribution in [0.15, 0.2) is 65.6 Å². The highest BCUT2D eigenvalue weighted by Crippen LogP contribution is 2.33. The maximum atomic E-state index is 14.1. The Kier molecular flexibility index (Phi) is 12.0. The molecule has 0 spiro atoms. The number of nitrogens with zero attached hydrogens (tertiary/aromatic N) is 2. The second-order valence-electron chi connectivity index (χ2n) is 9.72. The zero-order chi connectivity index (χ0) is 31.9. The van der Waals surface area contributed by atoms with Gasteiger partial charge in [0.25, 0.3) is 10.0 Å².